The van der Waals surface area contributed by atoms with Crippen LogP contribution in [-0.4, -0.2) is 6.54 Å². The summed E-state index contributed by atoms with van der Waals surface area (Å²) < 4.78 is 0. The van der Waals surface area contributed by atoms with E-state index in [1.807, 2.05) is 0 Å². The first-order chi connectivity index (χ1) is 2.41. The fraction of sp³-hybridized carbons (Fsp3) is 0.500. The molecule has 2 heteroatoms. The summed E-state index contributed by atoms with van der Waals surface area (Å²) in [6.07, 6.45) is 0. The Hall–Kier alpha value is 0.250. The standard InChI is InChI=1S/C4H7N.HI/c1-2-3-4-5;/h4-5H2,1H3;1H. The van der Waals surface area contributed by atoms with Gasteiger partial charge in [0.15, 0.2) is 0 Å². The zero-order valence-electron chi connectivity index (χ0n) is 3.69. The molecule has 0 aliphatic heterocycles. The molecule has 0 aliphatic rings. The molecule has 6 heavy (non-hydrogen) atoms. The van der Waals surface area contributed by atoms with Crippen LogP contribution in [0.3, 0.4) is 0 Å². The summed E-state index contributed by atoms with van der Waals surface area (Å²) in [7, 11) is 0. The van der Waals surface area contributed by atoms with Gasteiger partial charge in [0.1, 0.15) is 0 Å². The molecule has 0 aromatic rings. The first kappa shape index (κ1) is 9.54. The highest BCUT2D eigenvalue weighted by atomic mass is 127. The fourth-order valence-corrected chi connectivity index (χ4v) is 0.102. The maximum absolute atomic E-state index is 4.97. The predicted octanol–water partition coefficient (Wildman–Crippen LogP) is 0.586. The second-order valence-electron chi connectivity index (χ2n) is 0.631. The smallest absolute Gasteiger partial charge is 0.0551 e. The van der Waals surface area contributed by atoms with Crippen LogP contribution in [-0.2, 0) is 0 Å². The van der Waals surface area contributed by atoms with E-state index in [0.29, 0.717) is 6.54 Å². The molecule has 2 N–H and O–H groups in total. The van der Waals surface area contributed by atoms with Crippen molar-refractivity contribution in [3.05, 3.63) is 0 Å². The molecule has 0 saturated heterocycles. The van der Waals surface area contributed by atoms with E-state index in [-0.39, 0.29) is 24.0 Å². The third-order valence-electron chi connectivity index (χ3n) is 0.279. The Bertz CT molecular complexity index is 59.7. The van der Waals surface area contributed by atoms with E-state index < -0.39 is 0 Å². The zero-order valence-corrected chi connectivity index (χ0v) is 6.02. The lowest BCUT2D eigenvalue weighted by Crippen LogP contribution is -1.91. The third-order valence-corrected chi connectivity index (χ3v) is 0.279. The van der Waals surface area contributed by atoms with Crippen LogP contribution >= 0.6 is 24.0 Å². The molecule has 1 nitrogen and oxygen atoms in total. The zero-order chi connectivity index (χ0) is 4.12. The van der Waals surface area contributed by atoms with Gasteiger partial charge in [-0.2, -0.15) is 0 Å². The maximum Gasteiger partial charge on any atom is 0.0551 e. The van der Waals surface area contributed by atoms with Gasteiger partial charge >= 0.3 is 0 Å². The van der Waals surface area contributed by atoms with E-state index in [1.165, 1.54) is 0 Å². The molecule has 0 atom stereocenters. The number of rotatable bonds is 0. The summed E-state index contributed by atoms with van der Waals surface area (Å²) in [5.41, 5.74) is 4.97. The van der Waals surface area contributed by atoms with Crippen molar-refractivity contribution in [2.45, 2.75) is 6.92 Å². The van der Waals surface area contributed by atoms with Crippen LogP contribution in [0.5, 0.6) is 0 Å². The number of halogens is 1. The Morgan fingerprint density at radius 1 is 1.67 bits per heavy atom. The summed E-state index contributed by atoms with van der Waals surface area (Å²) in [5.74, 6) is 5.28. The lowest BCUT2D eigenvalue weighted by molar-refractivity contribution is 1.30. The van der Waals surface area contributed by atoms with Crippen molar-refractivity contribution in [2.24, 2.45) is 5.73 Å². The second kappa shape index (κ2) is 8.98. The van der Waals surface area contributed by atoms with Crippen molar-refractivity contribution in [1.82, 2.24) is 0 Å². The highest BCUT2D eigenvalue weighted by molar-refractivity contribution is 14.0. The van der Waals surface area contributed by atoms with E-state index in [4.69, 9.17) is 5.73 Å². The van der Waals surface area contributed by atoms with Gasteiger partial charge in [0.2, 0.25) is 0 Å². The lowest BCUT2D eigenvalue weighted by Gasteiger charge is -1.60. The molecule has 36 valence electrons. The van der Waals surface area contributed by atoms with Gasteiger partial charge < -0.3 is 5.73 Å². The molecule has 0 fully saturated rings. The van der Waals surface area contributed by atoms with Crippen molar-refractivity contribution >= 4 is 24.0 Å². The molecule has 0 radical (unpaired) electrons. The molecule has 0 spiro atoms. The molecule has 0 amide bonds. The largest absolute Gasteiger partial charge is 0.320 e. The van der Waals surface area contributed by atoms with Crippen LogP contribution < -0.4 is 5.73 Å². The molecule has 0 aromatic carbocycles. The van der Waals surface area contributed by atoms with Gasteiger partial charge in [0, 0.05) is 0 Å². The lowest BCUT2D eigenvalue weighted by atomic mass is 10.6. The Balaban J connectivity index is 0. The Kier molecular flexibility index (Phi) is 14.3. The molecule has 0 bridgehead atoms. The molecule has 0 aliphatic carbocycles. The van der Waals surface area contributed by atoms with Gasteiger partial charge in [-0.1, -0.05) is 5.92 Å². The quantitative estimate of drug-likeness (QED) is 0.446. The molecular formula is C4H8IN. The van der Waals surface area contributed by atoms with Gasteiger partial charge in [-0.25, -0.2) is 0 Å². The number of hydrogen-bond donors (Lipinski definition) is 1. The second-order valence-corrected chi connectivity index (χ2v) is 0.631. The highest BCUT2D eigenvalue weighted by Gasteiger charge is 1.47. The molecule has 0 heterocycles. The summed E-state index contributed by atoms with van der Waals surface area (Å²) >= 11 is 0. The average Bonchev–Trinajstić information content (AvgIpc) is 1.41. The van der Waals surface area contributed by atoms with Crippen molar-refractivity contribution in [2.75, 3.05) is 6.54 Å². The molecule has 0 saturated carbocycles. The van der Waals surface area contributed by atoms with Crippen LogP contribution in [0.2, 0.25) is 0 Å². The SMILES string of the molecule is CC#CCN.I. The normalized spacial score (nSPS) is 4.33. The predicted molar refractivity (Wildman–Crippen MR) is 37.9 cm³/mol. The fourth-order valence-electron chi connectivity index (χ4n) is 0.102. The first-order valence-electron chi connectivity index (χ1n) is 1.51. The number of hydrogen-bond acceptors (Lipinski definition) is 1. The van der Waals surface area contributed by atoms with Crippen molar-refractivity contribution in [1.29, 1.82) is 0 Å². The summed E-state index contributed by atoms with van der Waals surface area (Å²) in [6.45, 7) is 2.25. The van der Waals surface area contributed by atoms with Gasteiger partial charge in [-0.05, 0) is 6.92 Å². The van der Waals surface area contributed by atoms with E-state index >= 15 is 0 Å². The van der Waals surface area contributed by atoms with Gasteiger partial charge in [-0.3, -0.25) is 0 Å². The Labute approximate surface area is 55.3 Å². The van der Waals surface area contributed by atoms with E-state index in [9.17, 15) is 0 Å². The summed E-state index contributed by atoms with van der Waals surface area (Å²) in [6, 6.07) is 0. The minimum absolute atomic E-state index is 0. The maximum atomic E-state index is 4.97. The van der Waals surface area contributed by atoms with E-state index in [0.717, 1.165) is 0 Å². The first-order valence-corrected chi connectivity index (χ1v) is 1.51. The minimum atomic E-state index is 0. The summed E-state index contributed by atoms with van der Waals surface area (Å²) in [5, 5.41) is 0. The summed E-state index contributed by atoms with van der Waals surface area (Å²) in [4.78, 5) is 0. The molecule has 0 unspecified atom stereocenters. The minimum Gasteiger partial charge on any atom is -0.320 e. The Morgan fingerprint density at radius 2 is 2.17 bits per heavy atom. The van der Waals surface area contributed by atoms with E-state index in [1.54, 1.807) is 6.92 Å². The van der Waals surface area contributed by atoms with Crippen LogP contribution in [0, 0.1) is 11.8 Å². The van der Waals surface area contributed by atoms with Crippen molar-refractivity contribution in [3.8, 4) is 11.8 Å². The van der Waals surface area contributed by atoms with Crippen LogP contribution in [0.15, 0.2) is 0 Å². The van der Waals surface area contributed by atoms with Crippen molar-refractivity contribution in [3.63, 3.8) is 0 Å². The highest BCUT2D eigenvalue weighted by Crippen LogP contribution is 1.40. The van der Waals surface area contributed by atoms with Gasteiger partial charge in [-0.15, -0.1) is 29.9 Å². The number of nitrogens with two attached hydrogens (primary N) is 1. The van der Waals surface area contributed by atoms with Gasteiger partial charge in [0.25, 0.3) is 0 Å². The van der Waals surface area contributed by atoms with Crippen molar-refractivity contribution < 1.29 is 0 Å². The molecule has 0 rings (SSSR count). The molecule has 0 aromatic heterocycles. The average molecular weight is 197 g/mol. The monoisotopic (exact) mass is 197 g/mol. The Morgan fingerprint density at radius 3 is 2.17 bits per heavy atom. The van der Waals surface area contributed by atoms with Crippen LogP contribution in [0.4, 0.5) is 0 Å². The van der Waals surface area contributed by atoms with Crippen LogP contribution in [0.1, 0.15) is 6.92 Å². The third kappa shape index (κ3) is 8.87. The molecular weight excluding hydrogens is 189 g/mol. The topological polar surface area (TPSA) is 26.0 Å². The van der Waals surface area contributed by atoms with E-state index in [2.05, 4.69) is 11.8 Å². The van der Waals surface area contributed by atoms with Gasteiger partial charge in [0.05, 0.1) is 6.54 Å². The van der Waals surface area contributed by atoms with Crippen LogP contribution in [0.25, 0.3) is 0 Å².